The maximum atomic E-state index is 2.38. The Labute approximate surface area is 213 Å². The van der Waals surface area contributed by atoms with Crippen molar-refractivity contribution in [2.75, 3.05) is 24.6 Å². The maximum absolute atomic E-state index is 2.38. The highest BCUT2D eigenvalue weighted by Gasteiger charge is 2.34. The summed E-state index contributed by atoms with van der Waals surface area (Å²) < 4.78 is 0. The quantitative estimate of drug-likeness (QED) is 0.0766. The Morgan fingerprint density at radius 1 is 0.242 bits per heavy atom. The van der Waals surface area contributed by atoms with E-state index in [9.17, 15) is 0 Å². The van der Waals surface area contributed by atoms with E-state index < -0.39 is 7.26 Å². The molecule has 0 saturated heterocycles. The molecule has 0 spiro atoms. The molecule has 0 radical (unpaired) electrons. The fourth-order valence-corrected chi connectivity index (χ4v) is 10.5. The molecule has 0 aromatic heterocycles. The van der Waals surface area contributed by atoms with Gasteiger partial charge in [0.15, 0.2) is 0 Å². The molecule has 0 rings (SSSR count). The molecular formula is C32H68P+. The van der Waals surface area contributed by atoms with Crippen LogP contribution in [0.3, 0.4) is 0 Å². The predicted molar refractivity (Wildman–Crippen MR) is 160 cm³/mol. The summed E-state index contributed by atoms with van der Waals surface area (Å²) >= 11 is 0. The normalized spacial score (nSPS) is 12.0. The SMILES string of the molecule is CCCCCCCCCCCCCCCCC[P+](CCCCC)(CCCCC)CCCCC. The lowest BCUT2D eigenvalue weighted by Crippen LogP contribution is -2.13. The predicted octanol–water partition coefficient (Wildman–Crippen LogP) is 12.4. The highest BCUT2D eigenvalue weighted by atomic mass is 31.2. The van der Waals surface area contributed by atoms with Crippen LogP contribution in [0.15, 0.2) is 0 Å². The summed E-state index contributed by atoms with van der Waals surface area (Å²) in [7, 11) is -0.672. The van der Waals surface area contributed by atoms with Gasteiger partial charge in [0.1, 0.15) is 0 Å². The standard InChI is InChI=1S/C32H68P/c1-5-9-13-14-15-16-17-18-19-20-21-22-23-24-28-32-33(29-25-10-6-2,30-26-11-7-3)31-27-12-8-4/h5-32H2,1-4H3/q+1. The third kappa shape index (κ3) is 22.6. The van der Waals surface area contributed by atoms with Crippen LogP contribution in [0.4, 0.5) is 0 Å². The molecule has 0 aliphatic rings. The van der Waals surface area contributed by atoms with Gasteiger partial charge in [-0.05, 0) is 32.1 Å². The third-order valence-corrected chi connectivity index (χ3v) is 13.0. The van der Waals surface area contributed by atoms with Crippen molar-refractivity contribution in [3.05, 3.63) is 0 Å². The number of rotatable bonds is 28. The molecule has 0 aliphatic heterocycles. The molecule has 1 heteroatoms. The van der Waals surface area contributed by atoms with Crippen molar-refractivity contribution in [2.24, 2.45) is 0 Å². The zero-order chi connectivity index (χ0) is 24.3. The van der Waals surface area contributed by atoms with Gasteiger partial charge in [0.25, 0.3) is 0 Å². The van der Waals surface area contributed by atoms with Crippen LogP contribution in [0.1, 0.15) is 182 Å². The molecule has 0 amide bonds. The Balaban J connectivity index is 3.98. The van der Waals surface area contributed by atoms with Crippen molar-refractivity contribution in [3.8, 4) is 0 Å². The van der Waals surface area contributed by atoms with Crippen LogP contribution in [0.2, 0.25) is 0 Å². The zero-order valence-electron chi connectivity index (χ0n) is 24.2. The van der Waals surface area contributed by atoms with Crippen LogP contribution in [0, 0.1) is 0 Å². The van der Waals surface area contributed by atoms with Gasteiger partial charge in [0.2, 0.25) is 0 Å². The summed E-state index contributed by atoms with van der Waals surface area (Å²) in [6.45, 7) is 9.45. The van der Waals surface area contributed by atoms with Crippen LogP contribution in [0.5, 0.6) is 0 Å². The highest BCUT2D eigenvalue weighted by molar-refractivity contribution is 7.75. The molecule has 0 aromatic carbocycles. The molecular weight excluding hydrogens is 415 g/mol. The van der Waals surface area contributed by atoms with Crippen LogP contribution in [-0.4, -0.2) is 24.6 Å². The lowest BCUT2D eigenvalue weighted by molar-refractivity contribution is 0.534. The van der Waals surface area contributed by atoms with Gasteiger partial charge in [-0.2, -0.15) is 0 Å². The number of hydrogen-bond donors (Lipinski definition) is 0. The van der Waals surface area contributed by atoms with Crippen molar-refractivity contribution in [3.63, 3.8) is 0 Å². The average Bonchev–Trinajstić information content (AvgIpc) is 2.82. The van der Waals surface area contributed by atoms with Crippen LogP contribution in [-0.2, 0) is 0 Å². The second-order valence-electron chi connectivity index (χ2n) is 11.3. The van der Waals surface area contributed by atoms with Crippen LogP contribution in [0.25, 0.3) is 0 Å². The summed E-state index contributed by atoms with van der Waals surface area (Å²) in [5.74, 6) is 0. The van der Waals surface area contributed by atoms with Crippen molar-refractivity contribution in [2.45, 2.75) is 182 Å². The van der Waals surface area contributed by atoms with Gasteiger partial charge in [0.05, 0.1) is 24.6 Å². The zero-order valence-corrected chi connectivity index (χ0v) is 25.1. The minimum absolute atomic E-state index is 0.672. The molecule has 0 atom stereocenters. The molecule has 33 heavy (non-hydrogen) atoms. The van der Waals surface area contributed by atoms with E-state index in [1.165, 1.54) is 148 Å². The number of unbranched alkanes of at least 4 members (excludes halogenated alkanes) is 20. The van der Waals surface area contributed by atoms with Gasteiger partial charge in [0, 0.05) is 7.26 Å². The highest BCUT2D eigenvalue weighted by Crippen LogP contribution is 2.61. The first-order valence-corrected chi connectivity index (χ1v) is 18.6. The van der Waals surface area contributed by atoms with Gasteiger partial charge in [-0.15, -0.1) is 0 Å². The molecule has 0 aliphatic carbocycles. The van der Waals surface area contributed by atoms with Crippen molar-refractivity contribution < 1.29 is 0 Å². The topological polar surface area (TPSA) is 0 Å². The van der Waals surface area contributed by atoms with E-state index in [0.717, 1.165) is 0 Å². The fourth-order valence-electron chi connectivity index (χ4n) is 5.58. The Morgan fingerprint density at radius 3 is 0.697 bits per heavy atom. The average molecular weight is 484 g/mol. The van der Waals surface area contributed by atoms with Gasteiger partial charge >= 0.3 is 0 Å². The third-order valence-electron chi connectivity index (χ3n) is 7.94. The molecule has 0 fully saturated rings. The van der Waals surface area contributed by atoms with Crippen LogP contribution >= 0.6 is 7.26 Å². The van der Waals surface area contributed by atoms with Gasteiger partial charge < -0.3 is 0 Å². The summed E-state index contributed by atoms with van der Waals surface area (Å²) in [6, 6.07) is 0. The molecule has 0 saturated carbocycles. The Morgan fingerprint density at radius 2 is 0.424 bits per heavy atom. The fraction of sp³-hybridized carbons (Fsp3) is 1.00. The summed E-state index contributed by atoms with van der Waals surface area (Å²) in [5.41, 5.74) is 0. The Kier molecular flexibility index (Phi) is 27.4. The van der Waals surface area contributed by atoms with Gasteiger partial charge in [-0.3, -0.25) is 0 Å². The monoisotopic (exact) mass is 484 g/mol. The van der Waals surface area contributed by atoms with E-state index in [0.29, 0.717) is 0 Å². The summed E-state index contributed by atoms with van der Waals surface area (Å²) in [6.07, 6.45) is 42.0. The van der Waals surface area contributed by atoms with Crippen LogP contribution < -0.4 is 0 Å². The Bertz CT molecular complexity index is 324. The summed E-state index contributed by atoms with van der Waals surface area (Å²) in [5, 5.41) is 0. The minimum Gasteiger partial charge on any atom is -0.0654 e. The van der Waals surface area contributed by atoms with E-state index >= 15 is 0 Å². The first-order chi connectivity index (χ1) is 16.2. The molecule has 0 N–H and O–H groups in total. The molecule has 0 aromatic rings. The van der Waals surface area contributed by atoms with E-state index in [2.05, 4.69) is 27.7 Å². The molecule has 0 bridgehead atoms. The van der Waals surface area contributed by atoms with Crippen molar-refractivity contribution in [1.29, 1.82) is 0 Å². The second-order valence-corrected chi connectivity index (χ2v) is 15.8. The maximum Gasteiger partial charge on any atom is 0.0594 e. The van der Waals surface area contributed by atoms with E-state index in [1.54, 1.807) is 31.1 Å². The largest absolute Gasteiger partial charge is 0.0654 e. The van der Waals surface area contributed by atoms with E-state index in [1.807, 2.05) is 0 Å². The first kappa shape index (κ1) is 33.4. The van der Waals surface area contributed by atoms with E-state index in [-0.39, 0.29) is 0 Å². The Hall–Kier alpha value is 0.430. The van der Waals surface area contributed by atoms with Crippen molar-refractivity contribution in [1.82, 2.24) is 0 Å². The molecule has 0 unspecified atom stereocenters. The van der Waals surface area contributed by atoms with Crippen molar-refractivity contribution >= 4 is 7.26 Å². The van der Waals surface area contributed by atoms with Gasteiger partial charge in [-0.1, -0.05) is 150 Å². The molecule has 0 heterocycles. The van der Waals surface area contributed by atoms with E-state index in [4.69, 9.17) is 0 Å². The summed E-state index contributed by atoms with van der Waals surface area (Å²) in [4.78, 5) is 0. The van der Waals surface area contributed by atoms with Gasteiger partial charge in [-0.25, -0.2) is 0 Å². The molecule has 200 valence electrons. The first-order valence-electron chi connectivity index (χ1n) is 16.1. The molecule has 0 nitrogen and oxygen atoms in total. The lowest BCUT2D eigenvalue weighted by Gasteiger charge is -2.28. The second kappa shape index (κ2) is 27.0. The smallest absolute Gasteiger partial charge is 0.0594 e. The lowest BCUT2D eigenvalue weighted by atomic mass is 10.0. The number of hydrogen-bond acceptors (Lipinski definition) is 0. The minimum atomic E-state index is -0.672.